The van der Waals surface area contributed by atoms with E-state index in [0.29, 0.717) is 25.2 Å². The van der Waals surface area contributed by atoms with E-state index < -0.39 is 17.4 Å². The van der Waals surface area contributed by atoms with Crippen molar-refractivity contribution in [2.75, 3.05) is 20.1 Å². The minimum atomic E-state index is -0.871. The summed E-state index contributed by atoms with van der Waals surface area (Å²) in [5.41, 5.74) is 1.18. The number of hydrogen-bond acceptors (Lipinski definition) is 6. The second kappa shape index (κ2) is 7.27. The first kappa shape index (κ1) is 18.5. The molecule has 1 N–H and O–H groups in total. The highest BCUT2D eigenvalue weighted by atomic mass is 16.4. The Morgan fingerprint density at radius 2 is 1.93 bits per heavy atom. The van der Waals surface area contributed by atoms with Crippen molar-refractivity contribution in [2.45, 2.75) is 31.3 Å². The lowest BCUT2D eigenvalue weighted by Gasteiger charge is -2.45. The van der Waals surface area contributed by atoms with Gasteiger partial charge in [0.25, 0.3) is 0 Å². The zero-order valence-corrected chi connectivity index (χ0v) is 15.8. The fourth-order valence-corrected chi connectivity index (χ4v) is 4.40. The number of nitrogens with zero attached hydrogens (tertiary/aromatic N) is 5. The van der Waals surface area contributed by atoms with E-state index in [4.69, 9.17) is 0 Å². The van der Waals surface area contributed by atoms with Crippen molar-refractivity contribution in [3.63, 3.8) is 0 Å². The lowest BCUT2D eigenvalue weighted by atomic mass is 9.77. The highest BCUT2D eigenvalue weighted by molar-refractivity contribution is 5.88. The van der Waals surface area contributed by atoms with Gasteiger partial charge in [0.2, 0.25) is 5.91 Å². The van der Waals surface area contributed by atoms with Crippen LogP contribution in [-0.4, -0.2) is 67.4 Å². The zero-order valence-electron chi connectivity index (χ0n) is 15.8. The molecule has 4 heterocycles. The minimum absolute atomic E-state index is 0.0700. The molecule has 1 unspecified atom stereocenters. The summed E-state index contributed by atoms with van der Waals surface area (Å²) in [5, 5.41) is 9.57. The van der Waals surface area contributed by atoms with E-state index in [0.717, 1.165) is 24.3 Å². The van der Waals surface area contributed by atoms with Crippen molar-refractivity contribution < 1.29 is 14.7 Å². The molecule has 2 aliphatic heterocycles. The number of aliphatic carboxylic acids is 1. The Kier molecular flexibility index (Phi) is 4.80. The number of piperidine rings is 1. The summed E-state index contributed by atoms with van der Waals surface area (Å²) in [5.74, 6) is -0.963. The SMILES string of the molecule is CN1C(=O)CC(C(=O)O)C12CCN(Cc1cnc(-c3ccccn3)nc1)CC2. The fourth-order valence-electron chi connectivity index (χ4n) is 4.40. The normalized spacial score (nSPS) is 22.0. The van der Waals surface area contributed by atoms with Gasteiger partial charge in [-0.3, -0.25) is 19.5 Å². The number of carboxylic acids is 1. The van der Waals surface area contributed by atoms with E-state index in [2.05, 4.69) is 19.9 Å². The molecule has 0 radical (unpaired) electrons. The Morgan fingerprint density at radius 3 is 2.54 bits per heavy atom. The first-order valence-corrected chi connectivity index (χ1v) is 9.44. The summed E-state index contributed by atoms with van der Waals surface area (Å²) in [6, 6.07) is 5.63. The standard InChI is InChI=1S/C20H23N5O3/c1-24-17(26)10-15(19(27)28)20(24)5-8-25(9-6-20)13-14-11-22-18(23-12-14)16-4-2-3-7-21-16/h2-4,7,11-12,15H,5-6,8-10,13H2,1H3,(H,27,28). The molecule has 0 aromatic carbocycles. The van der Waals surface area contributed by atoms with Crippen LogP contribution in [0.2, 0.25) is 0 Å². The summed E-state index contributed by atoms with van der Waals surface area (Å²) < 4.78 is 0. The predicted octanol–water partition coefficient (Wildman–Crippen LogP) is 1.44. The van der Waals surface area contributed by atoms with Crippen LogP contribution < -0.4 is 0 Å². The van der Waals surface area contributed by atoms with Gasteiger partial charge in [-0.2, -0.15) is 0 Å². The van der Waals surface area contributed by atoms with Crippen molar-refractivity contribution >= 4 is 11.9 Å². The largest absolute Gasteiger partial charge is 0.481 e. The molecule has 28 heavy (non-hydrogen) atoms. The Labute approximate surface area is 163 Å². The smallest absolute Gasteiger partial charge is 0.309 e. The van der Waals surface area contributed by atoms with Gasteiger partial charge in [-0.25, -0.2) is 9.97 Å². The maximum absolute atomic E-state index is 12.1. The molecular formula is C20H23N5O3. The van der Waals surface area contributed by atoms with E-state index >= 15 is 0 Å². The molecule has 0 aliphatic carbocycles. The Bertz CT molecular complexity index is 863. The average molecular weight is 381 g/mol. The highest BCUT2D eigenvalue weighted by Gasteiger charge is 2.55. The molecule has 146 valence electrons. The van der Waals surface area contributed by atoms with Gasteiger partial charge in [-0.1, -0.05) is 6.07 Å². The molecule has 1 amide bonds. The molecular weight excluding hydrogens is 358 g/mol. The first-order valence-electron chi connectivity index (χ1n) is 9.44. The molecule has 8 heteroatoms. The highest BCUT2D eigenvalue weighted by Crippen LogP contribution is 2.42. The number of carboxylic acid groups (broad SMARTS) is 1. The quantitative estimate of drug-likeness (QED) is 0.855. The number of rotatable bonds is 4. The Balaban J connectivity index is 1.41. The lowest BCUT2D eigenvalue weighted by molar-refractivity contribution is -0.146. The van der Waals surface area contributed by atoms with Gasteiger partial charge in [-0.15, -0.1) is 0 Å². The van der Waals surface area contributed by atoms with Crippen molar-refractivity contribution in [2.24, 2.45) is 5.92 Å². The maximum Gasteiger partial charge on any atom is 0.309 e. The maximum atomic E-state index is 12.1. The molecule has 2 aromatic heterocycles. The van der Waals surface area contributed by atoms with Crippen LogP contribution in [0, 0.1) is 5.92 Å². The van der Waals surface area contributed by atoms with Crippen LogP contribution in [0.5, 0.6) is 0 Å². The minimum Gasteiger partial charge on any atom is -0.481 e. The summed E-state index contributed by atoms with van der Waals surface area (Å²) in [6.45, 7) is 2.18. The van der Waals surface area contributed by atoms with Gasteiger partial charge in [0.15, 0.2) is 5.82 Å². The van der Waals surface area contributed by atoms with Crippen molar-refractivity contribution in [1.82, 2.24) is 24.8 Å². The monoisotopic (exact) mass is 381 g/mol. The number of likely N-dealkylation sites (tertiary alicyclic amines) is 2. The number of carbonyl (C=O) groups excluding carboxylic acids is 1. The lowest BCUT2D eigenvalue weighted by Crippen LogP contribution is -2.55. The molecule has 0 saturated carbocycles. The molecule has 2 aromatic rings. The molecule has 2 fully saturated rings. The van der Waals surface area contributed by atoms with E-state index in [-0.39, 0.29) is 12.3 Å². The van der Waals surface area contributed by atoms with Gasteiger partial charge in [-0.05, 0) is 25.0 Å². The van der Waals surface area contributed by atoms with Crippen LogP contribution >= 0.6 is 0 Å². The van der Waals surface area contributed by atoms with Crippen LogP contribution in [0.4, 0.5) is 0 Å². The zero-order chi connectivity index (χ0) is 19.7. The molecule has 2 saturated heterocycles. The number of carbonyl (C=O) groups is 2. The van der Waals surface area contributed by atoms with Crippen LogP contribution in [0.15, 0.2) is 36.8 Å². The third-order valence-corrected chi connectivity index (χ3v) is 6.09. The number of hydrogen-bond donors (Lipinski definition) is 1. The topological polar surface area (TPSA) is 99.5 Å². The Hall–Kier alpha value is -2.87. The summed E-state index contributed by atoms with van der Waals surface area (Å²) in [4.78, 5) is 40.8. The average Bonchev–Trinajstić information content (AvgIpc) is 2.96. The summed E-state index contributed by atoms with van der Waals surface area (Å²) in [7, 11) is 1.74. The third-order valence-electron chi connectivity index (χ3n) is 6.09. The van der Waals surface area contributed by atoms with E-state index in [1.165, 1.54) is 0 Å². The van der Waals surface area contributed by atoms with Crippen molar-refractivity contribution in [3.8, 4) is 11.5 Å². The van der Waals surface area contributed by atoms with Crippen LogP contribution in [-0.2, 0) is 16.1 Å². The van der Waals surface area contributed by atoms with E-state index in [1.807, 2.05) is 30.6 Å². The van der Waals surface area contributed by atoms with Gasteiger partial charge in [0.05, 0.1) is 11.5 Å². The summed E-state index contributed by atoms with van der Waals surface area (Å²) >= 11 is 0. The Morgan fingerprint density at radius 1 is 1.21 bits per heavy atom. The van der Waals surface area contributed by atoms with Crippen LogP contribution in [0.25, 0.3) is 11.5 Å². The van der Waals surface area contributed by atoms with Gasteiger partial charge < -0.3 is 10.0 Å². The molecule has 4 rings (SSSR count). The van der Waals surface area contributed by atoms with E-state index in [1.54, 1.807) is 18.1 Å². The molecule has 8 nitrogen and oxygen atoms in total. The van der Waals surface area contributed by atoms with E-state index in [9.17, 15) is 14.7 Å². The number of amides is 1. The van der Waals surface area contributed by atoms with Gasteiger partial charge in [0, 0.05) is 57.3 Å². The third kappa shape index (κ3) is 3.24. The van der Waals surface area contributed by atoms with Crippen molar-refractivity contribution in [1.29, 1.82) is 0 Å². The van der Waals surface area contributed by atoms with Gasteiger partial charge >= 0.3 is 5.97 Å². The molecule has 2 aliphatic rings. The summed E-state index contributed by atoms with van der Waals surface area (Å²) in [6.07, 6.45) is 6.78. The van der Waals surface area contributed by atoms with Crippen LogP contribution in [0.3, 0.4) is 0 Å². The molecule has 1 spiro atoms. The molecule has 0 bridgehead atoms. The number of pyridine rings is 1. The van der Waals surface area contributed by atoms with Crippen molar-refractivity contribution in [3.05, 3.63) is 42.4 Å². The van der Waals surface area contributed by atoms with Gasteiger partial charge in [0.1, 0.15) is 5.69 Å². The fraction of sp³-hybridized carbons (Fsp3) is 0.450. The number of aromatic nitrogens is 3. The molecule has 1 atom stereocenters. The second-order valence-corrected chi connectivity index (χ2v) is 7.56. The first-order chi connectivity index (χ1) is 13.5. The second-order valence-electron chi connectivity index (χ2n) is 7.56. The predicted molar refractivity (Wildman–Crippen MR) is 101 cm³/mol. The van der Waals surface area contributed by atoms with Crippen LogP contribution in [0.1, 0.15) is 24.8 Å².